The molecule has 0 saturated carbocycles. The number of nitrogens with zero attached hydrogens (tertiary/aromatic N) is 1. The van der Waals surface area contributed by atoms with Gasteiger partial charge in [-0.2, -0.15) is 0 Å². The summed E-state index contributed by atoms with van der Waals surface area (Å²) in [5.74, 6) is 0.146. The SMILES string of the molecule is COC(=O)C(C)=CCN1C(=O)COc2ccccc21. The molecule has 0 radical (unpaired) electrons. The number of benzene rings is 1. The molecule has 0 spiro atoms. The van der Waals surface area contributed by atoms with E-state index in [-0.39, 0.29) is 12.5 Å². The van der Waals surface area contributed by atoms with Gasteiger partial charge >= 0.3 is 5.97 Å². The van der Waals surface area contributed by atoms with Gasteiger partial charge in [0.05, 0.1) is 12.8 Å². The first-order valence-corrected chi connectivity index (χ1v) is 5.90. The Labute approximate surface area is 111 Å². The van der Waals surface area contributed by atoms with Crippen LogP contribution in [0.15, 0.2) is 35.9 Å². The number of hydrogen-bond acceptors (Lipinski definition) is 4. The van der Waals surface area contributed by atoms with Crippen LogP contribution in [0.2, 0.25) is 0 Å². The number of ether oxygens (including phenoxy) is 2. The van der Waals surface area contributed by atoms with Crippen LogP contribution in [0.4, 0.5) is 5.69 Å². The maximum atomic E-state index is 11.9. The third-order valence-corrected chi connectivity index (χ3v) is 2.90. The lowest BCUT2D eigenvalue weighted by Gasteiger charge is -2.28. The smallest absolute Gasteiger partial charge is 0.333 e. The first-order chi connectivity index (χ1) is 9.13. The number of methoxy groups -OCH3 is 1. The van der Waals surface area contributed by atoms with Crippen LogP contribution in [0.25, 0.3) is 0 Å². The van der Waals surface area contributed by atoms with Crippen LogP contribution in [0.3, 0.4) is 0 Å². The first-order valence-electron chi connectivity index (χ1n) is 5.90. The highest BCUT2D eigenvalue weighted by Crippen LogP contribution is 2.31. The molecule has 0 fully saturated rings. The van der Waals surface area contributed by atoms with E-state index < -0.39 is 5.97 Å². The largest absolute Gasteiger partial charge is 0.482 e. The summed E-state index contributed by atoms with van der Waals surface area (Å²) >= 11 is 0. The molecule has 1 aromatic rings. The van der Waals surface area contributed by atoms with Gasteiger partial charge < -0.3 is 14.4 Å². The molecular weight excluding hydrogens is 246 g/mol. The summed E-state index contributed by atoms with van der Waals surface area (Å²) in [4.78, 5) is 24.7. The molecule has 0 bridgehead atoms. The Morgan fingerprint density at radius 3 is 2.95 bits per heavy atom. The molecule has 2 rings (SSSR count). The Hall–Kier alpha value is -2.30. The van der Waals surface area contributed by atoms with E-state index >= 15 is 0 Å². The molecular formula is C14H15NO4. The van der Waals surface area contributed by atoms with Crippen molar-refractivity contribution in [3.05, 3.63) is 35.9 Å². The van der Waals surface area contributed by atoms with Gasteiger partial charge in [0.1, 0.15) is 5.75 Å². The predicted molar refractivity (Wildman–Crippen MR) is 70.1 cm³/mol. The Morgan fingerprint density at radius 2 is 2.21 bits per heavy atom. The highest BCUT2D eigenvalue weighted by atomic mass is 16.5. The molecule has 1 heterocycles. The molecule has 5 heteroatoms. The van der Waals surface area contributed by atoms with Gasteiger partial charge in [0.25, 0.3) is 5.91 Å². The Balaban J connectivity index is 2.20. The standard InChI is InChI=1S/C14H15NO4/c1-10(14(17)18-2)7-8-15-11-5-3-4-6-12(11)19-9-13(15)16/h3-7H,8-9H2,1-2H3. The molecule has 1 aromatic carbocycles. The second-order valence-corrected chi connectivity index (χ2v) is 4.14. The van der Waals surface area contributed by atoms with Gasteiger partial charge in [-0.3, -0.25) is 4.79 Å². The quantitative estimate of drug-likeness (QED) is 0.611. The number of amides is 1. The Kier molecular flexibility index (Phi) is 3.85. The highest BCUT2D eigenvalue weighted by Gasteiger charge is 2.24. The van der Waals surface area contributed by atoms with E-state index in [2.05, 4.69) is 4.74 Å². The van der Waals surface area contributed by atoms with E-state index in [1.807, 2.05) is 24.3 Å². The number of fused-ring (bicyclic) bond motifs is 1. The normalized spacial score (nSPS) is 14.7. The summed E-state index contributed by atoms with van der Waals surface area (Å²) in [5.41, 5.74) is 1.19. The third kappa shape index (κ3) is 2.76. The second-order valence-electron chi connectivity index (χ2n) is 4.14. The molecule has 0 N–H and O–H groups in total. The van der Waals surface area contributed by atoms with E-state index in [1.165, 1.54) is 7.11 Å². The van der Waals surface area contributed by atoms with Crippen LogP contribution in [0, 0.1) is 0 Å². The number of para-hydroxylation sites is 2. The van der Waals surface area contributed by atoms with Crippen LogP contribution in [0.5, 0.6) is 5.75 Å². The van der Waals surface area contributed by atoms with Crippen molar-refractivity contribution in [1.82, 2.24) is 0 Å². The summed E-state index contributed by atoms with van der Waals surface area (Å²) in [7, 11) is 1.33. The Morgan fingerprint density at radius 1 is 1.47 bits per heavy atom. The maximum Gasteiger partial charge on any atom is 0.333 e. The third-order valence-electron chi connectivity index (χ3n) is 2.90. The van der Waals surface area contributed by atoms with Gasteiger partial charge in [-0.1, -0.05) is 18.2 Å². The molecule has 1 amide bonds. The molecule has 100 valence electrons. The lowest BCUT2D eigenvalue weighted by Crippen LogP contribution is -2.39. The number of anilines is 1. The first kappa shape index (κ1) is 13.1. The van der Waals surface area contributed by atoms with Crippen LogP contribution in [0.1, 0.15) is 6.92 Å². The predicted octanol–water partition coefficient (Wildman–Crippen LogP) is 1.53. The molecule has 5 nitrogen and oxygen atoms in total. The van der Waals surface area contributed by atoms with Crippen molar-refractivity contribution < 1.29 is 19.1 Å². The molecule has 0 aliphatic carbocycles. The van der Waals surface area contributed by atoms with Crippen LogP contribution >= 0.6 is 0 Å². The highest BCUT2D eigenvalue weighted by molar-refractivity contribution is 5.98. The zero-order valence-electron chi connectivity index (χ0n) is 10.9. The van der Waals surface area contributed by atoms with Gasteiger partial charge in [0.2, 0.25) is 0 Å². The molecule has 19 heavy (non-hydrogen) atoms. The minimum Gasteiger partial charge on any atom is -0.482 e. The number of carbonyl (C=O) groups is 2. The van der Waals surface area contributed by atoms with Crippen LogP contribution in [-0.4, -0.2) is 32.1 Å². The zero-order valence-corrected chi connectivity index (χ0v) is 10.9. The van der Waals surface area contributed by atoms with Crippen molar-refractivity contribution in [2.24, 2.45) is 0 Å². The fourth-order valence-corrected chi connectivity index (χ4v) is 1.83. The van der Waals surface area contributed by atoms with Crippen molar-refractivity contribution in [2.75, 3.05) is 25.2 Å². The molecule has 1 aliphatic rings. The van der Waals surface area contributed by atoms with Gasteiger partial charge in [0.15, 0.2) is 6.61 Å². The van der Waals surface area contributed by atoms with Crippen LogP contribution in [-0.2, 0) is 14.3 Å². The van der Waals surface area contributed by atoms with E-state index in [0.717, 1.165) is 0 Å². The fourth-order valence-electron chi connectivity index (χ4n) is 1.83. The van der Waals surface area contributed by atoms with Crippen molar-refractivity contribution in [3.63, 3.8) is 0 Å². The van der Waals surface area contributed by atoms with Gasteiger partial charge in [0, 0.05) is 12.1 Å². The number of rotatable bonds is 3. The average molecular weight is 261 g/mol. The maximum absolute atomic E-state index is 11.9. The summed E-state index contributed by atoms with van der Waals surface area (Å²) in [6.45, 7) is 1.99. The van der Waals surface area contributed by atoms with Crippen molar-refractivity contribution >= 4 is 17.6 Å². The molecule has 1 aliphatic heterocycles. The number of esters is 1. The van der Waals surface area contributed by atoms with E-state index in [4.69, 9.17) is 4.74 Å². The lowest BCUT2D eigenvalue weighted by molar-refractivity contribution is -0.136. The summed E-state index contributed by atoms with van der Waals surface area (Å²) in [6.07, 6.45) is 1.67. The van der Waals surface area contributed by atoms with Crippen molar-refractivity contribution in [2.45, 2.75) is 6.92 Å². The molecule has 0 saturated heterocycles. The minimum absolute atomic E-state index is 0.0160. The van der Waals surface area contributed by atoms with Crippen molar-refractivity contribution in [1.29, 1.82) is 0 Å². The van der Waals surface area contributed by atoms with E-state index in [0.29, 0.717) is 23.6 Å². The van der Waals surface area contributed by atoms with E-state index in [9.17, 15) is 9.59 Å². The second kappa shape index (κ2) is 5.56. The lowest BCUT2D eigenvalue weighted by atomic mass is 10.2. The monoisotopic (exact) mass is 261 g/mol. The van der Waals surface area contributed by atoms with Gasteiger partial charge in [-0.05, 0) is 19.1 Å². The summed E-state index contributed by atoms with van der Waals surface area (Å²) < 4.78 is 9.95. The fraction of sp³-hybridized carbons (Fsp3) is 0.286. The molecule has 0 atom stereocenters. The summed E-state index contributed by atoms with van der Waals surface area (Å²) in [5, 5.41) is 0. The average Bonchev–Trinajstić information content (AvgIpc) is 2.45. The van der Waals surface area contributed by atoms with Crippen LogP contribution < -0.4 is 9.64 Å². The van der Waals surface area contributed by atoms with E-state index in [1.54, 1.807) is 17.9 Å². The van der Waals surface area contributed by atoms with Crippen molar-refractivity contribution in [3.8, 4) is 5.75 Å². The number of carbonyl (C=O) groups excluding carboxylic acids is 2. The van der Waals surface area contributed by atoms with Gasteiger partial charge in [-0.15, -0.1) is 0 Å². The zero-order chi connectivity index (χ0) is 13.8. The Bertz CT molecular complexity index is 536. The summed E-state index contributed by atoms with van der Waals surface area (Å²) in [6, 6.07) is 7.31. The molecule has 0 unspecified atom stereocenters. The molecule has 0 aromatic heterocycles. The topological polar surface area (TPSA) is 55.8 Å². The van der Waals surface area contributed by atoms with Gasteiger partial charge in [-0.25, -0.2) is 4.79 Å². The number of hydrogen-bond donors (Lipinski definition) is 0. The minimum atomic E-state index is -0.394.